The molecule has 3 rings (SSSR count). The number of benzene rings is 2. The van der Waals surface area contributed by atoms with Gasteiger partial charge in [-0.1, -0.05) is 24.3 Å². The number of fused-ring (bicyclic) bond motifs is 1. The molecule has 0 fully saturated rings. The molecule has 5 nitrogen and oxygen atoms in total. The molecule has 0 bridgehead atoms. The Hall–Kier alpha value is -2.66. The first kappa shape index (κ1) is 13.3. The summed E-state index contributed by atoms with van der Waals surface area (Å²) < 4.78 is 0. The van der Waals surface area contributed by atoms with E-state index in [9.17, 15) is 0 Å². The van der Waals surface area contributed by atoms with E-state index in [4.69, 9.17) is 10.8 Å². The average molecular weight is 280 g/mol. The van der Waals surface area contributed by atoms with Gasteiger partial charge in [0.2, 0.25) is 0 Å². The van der Waals surface area contributed by atoms with E-state index >= 15 is 0 Å². The lowest BCUT2D eigenvalue weighted by Gasteiger charge is -2.09. The summed E-state index contributed by atoms with van der Waals surface area (Å²) in [7, 11) is 1.83. The standard InChI is InChI=1S/C16H16N4O/c1-18-16-13-7-6-12(17)8-14(13)19-15(20-16)11-4-2-10(9-21)3-5-11/h2-8,21H,9,17H2,1H3,(H,18,19,20). The van der Waals surface area contributed by atoms with Crippen LogP contribution in [0.5, 0.6) is 0 Å². The fraction of sp³-hybridized carbons (Fsp3) is 0.125. The monoisotopic (exact) mass is 280 g/mol. The highest BCUT2D eigenvalue weighted by Gasteiger charge is 2.09. The van der Waals surface area contributed by atoms with Crippen LogP contribution in [0.2, 0.25) is 0 Å². The second-order valence-electron chi connectivity index (χ2n) is 4.78. The third kappa shape index (κ3) is 2.51. The molecular formula is C16H16N4O. The van der Waals surface area contributed by atoms with Gasteiger partial charge in [-0.25, -0.2) is 9.97 Å². The van der Waals surface area contributed by atoms with E-state index in [1.807, 2.05) is 49.5 Å². The van der Waals surface area contributed by atoms with Crippen molar-refractivity contribution in [1.29, 1.82) is 0 Å². The van der Waals surface area contributed by atoms with Crippen LogP contribution in [0.25, 0.3) is 22.3 Å². The molecule has 0 aliphatic heterocycles. The predicted octanol–water partition coefficient (Wildman–Crippen LogP) is 2.41. The summed E-state index contributed by atoms with van der Waals surface area (Å²) >= 11 is 0. The van der Waals surface area contributed by atoms with Gasteiger partial charge in [0.25, 0.3) is 0 Å². The Morgan fingerprint density at radius 2 is 1.86 bits per heavy atom. The zero-order chi connectivity index (χ0) is 14.8. The maximum absolute atomic E-state index is 9.10. The first-order valence-electron chi connectivity index (χ1n) is 6.66. The maximum Gasteiger partial charge on any atom is 0.162 e. The van der Waals surface area contributed by atoms with Gasteiger partial charge in [0.05, 0.1) is 12.1 Å². The van der Waals surface area contributed by atoms with Crippen LogP contribution in [0.4, 0.5) is 11.5 Å². The smallest absolute Gasteiger partial charge is 0.162 e. The first-order valence-corrected chi connectivity index (χ1v) is 6.66. The Morgan fingerprint density at radius 1 is 1.10 bits per heavy atom. The molecule has 0 amide bonds. The van der Waals surface area contributed by atoms with Crippen molar-refractivity contribution in [3.8, 4) is 11.4 Å². The molecule has 0 atom stereocenters. The minimum Gasteiger partial charge on any atom is -0.399 e. The molecule has 2 aromatic carbocycles. The quantitative estimate of drug-likeness (QED) is 0.642. The van der Waals surface area contributed by atoms with Crippen LogP contribution in [0.1, 0.15) is 5.56 Å². The third-order valence-electron chi connectivity index (χ3n) is 3.35. The van der Waals surface area contributed by atoms with Crippen molar-refractivity contribution >= 4 is 22.4 Å². The number of aliphatic hydroxyl groups excluding tert-OH is 1. The SMILES string of the molecule is CNc1nc(-c2ccc(CO)cc2)nc2cc(N)ccc12. The van der Waals surface area contributed by atoms with Crippen LogP contribution in [-0.2, 0) is 6.61 Å². The zero-order valence-electron chi connectivity index (χ0n) is 11.7. The van der Waals surface area contributed by atoms with E-state index < -0.39 is 0 Å². The molecule has 4 N–H and O–H groups in total. The highest BCUT2D eigenvalue weighted by Crippen LogP contribution is 2.26. The van der Waals surface area contributed by atoms with Crippen molar-refractivity contribution in [2.75, 3.05) is 18.1 Å². The molecule has 0 aliphatic carbocycles. The van der Waals surface area contributed by atoms with Crippen LogP contribution in [0.15, 0.2) is 42.5 Å². The Morgan fingerprint density at radius 3 is 2.52 bits per heavy atom. The molecule has 21 heavy (non-hydrogen) atoms. The summed E-state index contributed by atoms with van der Waals surface area (Å²) in [5.41, 5.74) is 9.06. The number of anilines is 2. The number of hydrogen-bond donors (Lipinski definition) is 3. The summed E-state index contributed by atoms with van der Waals surface area (Å²) in [4.78, 5) is 9.13. The number of rotatable bonds is 3. The Bertz CT molecular complexity index is 784. The number of nitrogens with zero attached hydrogens (tertiary/aromatic N) is 2. The van der Waals surface area contributed by atoms with Gasteiger partial charge in [0, 0.05) is 23.7 Å². The number of aromatic nitrogens is 2. The molecule has 0 saturated heterocycles. The predicted molar refractivity (Wildman–Crippen MR) is 84.9 cm³/mol. The molecule has 0 radical (unpaired) electrons. The van der Waals surface area contributed by atoms with Gasteiger partial charge >= 0.3 is 0 Å². The minimum absolute atomic E-state index is 0.0250. The summed E-state index contributed by atoms with van der Waals surface area (Å²) in [6, 6.07) is 13.1. The van der Waals surface area contributed by atoms with Crippen molar-refractivity contribution < 1.29 is 5.11 Å². The number of nitrogens with two attached hydrogens (primary N) is 1. The van der Waals surface area contributed by atoms with E-state index in [-0.39, 0.29) is 6.61 Å². The fourth-order valence-corrected chi connectivity index (χ4v) is 2.23. The van der Waals surface area contributed by atoms with E-state index in [0.29, 0.717) is 11.5 Å². The second kappa shape index (κ2) is 5.38. The Balaban J connectivity index is 2.17. The summed E-state index contributed by atoms with van der Waals surface area (Å²) in [6.45, 7) is 0.0250. The number of aliphatic hydroxyl groups is 1. The van der Waals surface area contributed by atoms with Crippen molar-refractivity contribution in [1.82, 2.24) is 9.97 Å². The summed E-state index contributed by atoms with van der Waals surface area (Å²) in [5.74, 6) is 1.39. The topological polar surface area (TPSA) is 84.1 Å². The zero-order valence-corrected chi connectivity index (χ0v) is 11.7. The second-order valence-corrected chi connectivity index (χ2v) is 4.78. The van der Waals surface area contributed by atoms with E-state index in [0.717, 1.165) is 27.8 Å². The van der Waals surface area contributed by atoms with Crippen molar-refractivity contribution in [2.24, 2.45) is 0 Å². The lowest BCUT2D eigenvalue weighted by atomic mass is 10.1. The number of nitrogens with one attached hydrogen (secondary N) is 1. The molecule has 5 heteroatoms. The molecule has 0 aliphatic rings. The van der Waals surface area contributed by atoms with Crippen LogP contribution in [-0.4, -0.2) is 22.1 Å². The lowest BCUT2D eigenvalue weighted by molar-refractivity contribution is 0.282. The summed E-state index contributed by atoms with van der Waals surface area (Å²) in [5, 5.41) is 13.1. The molecule has 0 saturated carbocycles. The molecule has 0 spiro atoms. The van der Waals surface area contributed by atoms with Gasteiger partial charge in [-0.15, -0.1) is 0 Å². The molecular weight excluding hydrogens is 264 g/mol. The molecule has 1 heterocycles. The van der Waals surface area contributed by atoms with Gasteiger partial charge in [-0.2, -0.15) is 0 Å². The fourth-order valence-electron chi connectivity index (χ4n) is 2.23. The van der Waals surface area contributed by atoms with Crippen molar-refractivity contribution in [2.45, 2.75) is 6.61 Å². The number of hydrogen-bond acceptors (Lipinski definition) is 5. The minimum atomic E-state index is 0.0250. The Kier molecular flexibility index (Phi) is 3.41. The average Bonchev–Trinajstić information content (AvgIpc) is 2.53. The normalized spacial score (nSPS) is 10.8. The van der Waals surface area contributed by atoms with Gasteiger partial charge in [-0.3, -0.25) is 0 Å². The molecule has 3 aromatic rings. The summed E-state index contributed by atoms with van der Waals surface area (Å²) in [6.07, 6.45) is 0. The molecule has 0 unspecified atom stereocenters. The largest absolute Gasteiger partial charge is 0.399 e. The number of nitrogen functional groups attached to an aromatic ring is 1. The van der Waals surface area contributed by atoms with Crippen molar-refractivity contribution in [3.63, 3.8) is 0 Å². The van der Waals surface area contributed by atoms with Crippen molar-refractivity contribution in [3.05, 3.63) is 48.0 Å². The van der Waals surface area contributed by atoms with Gasteiger partial charge in [0.15, 0.2) is 5.82 Å². The van der Waals surface area contributed by atoms with Crippen LogP contribution in [0, 0.1) is 0 Å². The lowest BCUT2D eigenvalue weighted by Crippen LogP contribution is -1.99. The third-order valence-corrected chi connectivity index (χ3v) is 3.35. The van der Waals surface area contributed by atoms with Crippen LogP contribution >= 0.6 is 0 Å². The molecule has 1 aromatic heterocycles. The highest BCUT2D eigenvalue weighted by atomic mass is 16.3. The Labute approximate surface area is 122 Å². The molecule has 106 valence electrons. The van der Waals surface area contributed by atoms with E-state index in [1.54, 1.807) is 0 Å². The van der Waals surface area contributed by atoms with E-state index in [2.05, 4.69) is 15.3 Å². The van der Waals surface area contributed by atoms with Gasteiger partial charge < -0.3 is 16.2 Å². The van der Waals surface area contributed by atoms with Crippen LogP contribution in [0.3, 0.4) is 0 Å². The highest BCUT2D eigenvalue weighted by molar-refractivity contribution is 5.92. The first-order chi connectivity index (χ1) is 10.2. The maximum atomic E-state index is 9.10. The van der Waals surface area contributed by atoms with E-state index in [1.165, 1.54) is 0 Å². The van der Waals surface area contributed by atoms with Gasteiger partial charge in [0.1, 0.15) is 5.82 Å². The van der Waals surface area contributed by atoms with Crippen LogP contribution < -0.4 is 11.1 Å². The van der Waals surface area contributed by atoms with Gasteiger partial charge in [-0.05, 0) is 23.8 Å².